The summed E-state index contributed by atoms with van der Waals surface area (Å²) in [6.45, 7) is 4.76. The standard InChI is InChI=1S/C11H16S/c1-11(2)7-4-3-5-10-9(11)6-8-12-10/h6,8H,3-5,7H2,1-2H3. The summed E-state index contributed by atoms with van der Waals surface area (Å²) >= 11 is 1.94. The summed E-state index contributed by atoms with van der Waals surface area (Å²) in [6, 6.07) is 2.32. The lowest BCUT2D eigenvalue weighted by atomic mass is 9.82. The average molecular weight is 180 g/mol. The monoisotopic (exact) mass is 180 g/mol. The van der Waals surface area contributed by atoms with Gasteiger partial charge in [-0.2, -0.15) is 0 Å². The Morgan fingerprint density at radius 2 is 2.17 bits per heavy atom. The van der Waals surface area contributed by atoms with Gasteiger partial charge < -0.3 is 0 Å². The molecule has 1 aromatic heterocycles. The van der Waals surface area contributed by atoms with Gasteiger partial charge in [0.25, 0.3) is 0 Å². The van der Waals surface area contributed by atoms with Crippen LogP contribution in [0.4, 0.5) is 0 Å². The second kappa shape index (κ2) is 2.88. The van der Waals surface area contributed by atoms with Gasteiger partial charge in [-0.25, -0.2) is 0 Å². The third-order valence-electron chi connectivity index (χ3n) is 2.93. The van der Waals surface area contributed by atoms with Crippen LogP contribution in [-0.2, 0) is 11.8 Å². The fourth-order valence-corrected chi connectivity index (χ4v) is 3.23. The zero-order chi connectivity index (χ0) is 8.60. The molecule has 0 aromatic carbocycles. The maximum atomic E-state index is 2.38. The molecule has 0 atom stereocenters. The number of thiophene rings is 1. The van der Waals surface area contributed by atoms with Crippen molar-refractivity contribution >= 4 is 11.3 Å². The van der Waals surface area contributed by atoms with Gasteiger partial charge in [0.15, 0.2) is 0 Å². The molecule has 1 heterocycles. The van der Waals surface area contributed by atoms with E-state index in [1.54, 1.807) is 10.4 Å². The Kier molecular flexibility index (Phi) is 1.99. The Bertz CT molecular complexity index is 270. The maximum Gasteiger partial charge on any atom is 0.00826 e. The highest BCUT2D eigenvalue weighted by atomic mass is 32.1. The SMILES string of the molecule is CC1(C)CCCCc2sccc21. The molecule has 0 radical (unpaired) electrons. The minimum Gasteiger partial charge on any atom is -0.149 e. The van der Waals surface area contributed by atoms with Crippen LogP contribution < -0.4 is 0 Å². The van der Waals surface area contributed by atoms with E-state index in [4.69, 9.17) is 0 Å². The Hall–Kier alpha value is -0.300. The molecule has 1 aliphatic rings. The van der Waals surface area contributed by atoms with Crippen molar-refractivity contribution in [1.29, 1.82) is 0 Å². The summed E-state index contributed by atoms with van der Waals surface area (Å²) in [6.07, 6.45) is 5.46. The molecule has 1 aromatic rings. The van der Waals surface area contributed by atoms with Crippen LogP contribution >= 0.6 is 11.3 Å². The largest absolute Gasteiger partial charge is 0.149 e. The Balaban J connectivity index is 2.43. The molecule has 1 heteroatoms. The summed E-state index contributed by atoms with van der Waals surface area (Å²) in [5.74, 6) is 0. The lowest BCUT2D eigenvalue weighted by Crippen LogP contribution is -2.15. The Morgan fingerprint density at radius 1 is 1.33 bits per heavy atom. The first kappa shape index (κ1) is 8.31. The second-order valence-corrected chi connectivity index (χ2v) is 5.35. The molecule has 0 bridgehead atoms. The molecule has 0 amide bonds. The van der Waals surface area contributed by atoms with Crippen LogP contribution in [0, 0.1) is 0 Å². The molecule has 1 aliphatic carbocycles. The van der Waals surface area contributed by atoms with Crippen molar-refractivity contribution in [3.63, 3.8) is 0 Å². The molecule has 66 valence electrons. The first-order chi connectivity index (χ1) is 5.70. The highest BCUT2D eigenvalue weighted by Gasteiger charge is 2.25. The first-order valence-corrected chi connectivity index (χ1v) is 5.65. The van der Waals surface area contributed by atoms with Gasteiger partial charge in [-0.1, -0.05) is 20.3 Å². The lowest BCUT2D eigenvalue weighted by molar-refractivity contribution is 0.469. The second-order valence-electron chi connectivity index (χ2n) is 4.35. The van der Waals surface area contributed by atoms with E-state index in [9.17, 15) is 0 Å². The van der Waals surface area contributed by atoms with Crippen LogP contribution in [0.5, 0.6) is 0 Å². The molecule has 0 spiro atoms. The van der Waals surface area contributed by atoms with Crippen molar-refractivity contribution in [3.05, 3.63) is 21.9 Å². The van der Waals surface area contributed by atoms with Crippen molar-refractivity contribution in [2.45, 2.75) is 44.9 Å². The number of fused-ring (bicyclic) bond motifs is 1. The molecular formula is C11H16S. The van der Waals surface area contributed by atoms with Crippen LogP contribution in [0.3, 0.4) is 0 Å². The summed E-state index contributed by atoms with van der Waals surface area (Å²) in [4.78, 5) is 1.64. The molecule has 2 rings (SSSR count). The number of hydrogen-bond donors (Lipinski definition) is 0. The highest BCUT2D eigenvalue weighted by molar-refractivity contribution is 7.10. The average Bonchev–Trinajstić information content (AvgIpc) is 2.42. The smallest absolute Gasteiger partial charge is 0.00826 e. The van der Waals surface area contributed by atoms with E-state index in [1.807, 2.05) is 11.3 Å². The fraction of sp³-hybridized carbons (Fsp3) is 0.636. The van der Waals surface area contributed by atoms with E-state index in [0.717, 1.165) is 0 Å². The third kappa shape index (κ3) is 1.31. The minimum absolute atomic E-state index is 0.436. The van der Waals surface area contributed by atoms with Gasteiger partial charge in [-0.15, -0.1) is 11.3 Å². The van der Waals surface area contributed by atoms with Gasteiger partial charge in [0.05, 0.1) is 0 Å². The van der Waals surface area contributed by atoms with Crippen LogP contribution in [0.1, 0.15) is 43.6 Å². The van der Waals surface area contributed by atoms with E-state index in [-0.39, 0.29) is 0 Å². The van der Waals surface area contributed by atoms with Gasteiger partial charge in [-0.3, -0.25) is 0 Å². The summed E-state index contributed by atoms with van der Waals surface area (Å²) in [5.41, 5.74) is 2.05. The predicted octanol–water partition coefficient (Wildman–Crippen LogP) is 3.75. The molecule has 12 heavy (non-hydrogen) atoms. The number of rotatable bonds is 0. The van der Waals surface area contributed by atoms with Crippen molar-refractivity contribution in [1.82, 2.24) is 0 Å². The first-order valence-electron chi connectivity index (χ1n) is 4.77. The lowest BCUT2D eigenvalue weighted by Gasteiger charge is -2.22. The molecule has 0 saturated carbocycles. The maximum absolute atomic E-state index is 2.38. The zero-order valence-corrected chi connectivity index (χ0v) is 8.71. The summed E-state index contributed by atoms with van der Waals surface area (Å²) in [7, 11) is 0. The van der Waals surface area contributed by atoms with E-state index >= 15 is 0 Å². The van der Waals surface area contributed by atoms with Crippen molar-refractivity contribution in [3.8, 4) is 0 Å². The molecule has 0 saturated heterocycles. The summed E-state index contributed by atoms with van der Waals surface area (Å²) < 4.78 is 0. The van der Waals surface area contributed by atoms with Crippen LogP contribution in [0.15, 0.2) is 11.4 Å². The van der Waals surface area contributed by atoms with E-state index in [2.05, 4.69) is 25.3 Å². The predicted molar refractivity (Wildman–Crippen MR) is 54.9 cm³/mol. The van der Waals surface area contributed by atoms with Crippen LogP contribution in [-0.4, -0.2) is 0 Å². The fourth-order valence-electron chi connectivity index (χ4n) is 2.12. The quantitative estimate of drug-likeness (QED) is 0.533. The van der Waals surface area contributed by atoms with Crippen molar-refractivity contribution in [2.75, 3.05) is 0 Å². The number of hydrogen-bond acceptors (Lipinski definition) is 1. The van der Waals surface area contributed by atoms with Crippen LogP contribution in [0.2, 0.25) is 0 Å². The summed E-state index contributed by atoms with van der Waals surface area (Å²) in [5, 5.41) is 2.25. The minimum atomic E-state index is 0.436. The Labute approximate surface area is 78.6 Å². The van der Waals surface area contributed by atoms with Gasteiger partial charge in [0.1, 0.15) is 0 Å². The zero-order valence-electron chi connectivity index (χ0n) is 7.89. The molecule has 0 N–H and O–H groups in total. The topological polar surface area (TPSA) is 0 Å². The van der Waals surface area contributed by atoms with E-state index in [1.165, 1.54) is 25.7 Å². The normalized spacial score (nSPS) is 21.5. The Morgan fingerprint density at radius 3 is 3.00 bits per heavy atom. The molecule has 0 unspecified atom stereocenters. The third-order valence-corrected chi connectivity index (χ3v) is 3.91. The van der Waals surface area contributed by atoms with E-state index in [0.29, 0.717) is 5.41 Å². The molecule has 0 fully saturated rings. The molecule has 0 nitrogen and oxygen atoms in total. The van der Waals surface area contributed by atoms with Crippen molar-refractivity contribution < 1.29 is 0 Å². The van der Waals surface area contributed by atoms with Gasteiger partial charge in [-0.05, 0) is 41.7 Å². The molecular weight excluding hydrogens is 164 g/mol. The van der Waals surface area contributed by atoms with Gasteiger partial charge in [0, 0.05) is 4.88 Å². The van der Waals surface area contributed by atoms with Gasteiger partial charge >= 0.3 is 0 Å². The van der Waals surface area contributed by atoms with Gasteiger partial charge in [0.2, 0.25) is 0 Å². The number of aryl methyl sites for hydroxylation is 1. The highest BCUT2D eigenvalue weighted by Crippen LogP contribution is 2.37. The molecule has 0 aliphatic heterocycles. The van der Waals surface area contributed by atoms with Crippen LogP contribution in [0.25, 0.3) is 0 Å². The van der Waals surface area contributed by atoms with Crippen molar-refractivity contribution in [2.24, 2.45) is 0 Å². The van der Waals surface area contributed by atoms with E-state index < -0.39 is 0 Å².